The van der Waals surface area contributed by atoms with Crippen molar-refractivity contribution < 1.29 is 37.0 Å². The van der Waals surface area contributed by atoms with Gasteiger partial charge in [-0.05, 0) is 50.5 Å². The topological polar surface area (TPSA) is 76.2 Å². The third-order valence-electron chi connectivity index (χ3n) is 6.47. The maximum absolute atomic E-state index is 13.8. The van der Waals surface area contributed by atoms with Crippen LogP contribution in [0.1, 0.15) is 43.4 Å². The third-order valence-corrected chi connectivity index (χ3v) is 6.47. The Balaban J connectivity index is 1.62. The van der Waals surface area contributed by atoms with Gasteiger partial charge in [0, 0.05) is 19.0 Å². The molecule has 0 aromatic heterocycles. The second kappa shape index (κ2) is 10.1. The highest BCUT2D eigenvalue weighted by Gasteiger charge is 2.48. The maximum atomic E-state index is 13.8. The fourth-order valence-electron chi connectivity index (χ4n) is 4.73. The number of ether oxygens (including phenoxy) is 2. The molecule has 2 aromatic carbocycles. The minimum absolute atomic E-state index is 0.0346. The van der Waals surface area contributed by atoms with Gasteiger partial charge in [0.05, 0.1) is 17.5 Å². The molecule has 4 rings (SSSR count). The number of hydrogen-bond acceptors (Lipinski definition) is 5. The molecule has 2 aliphatic rings. The van der Waals surface area contributed by atoms with E-state index in [1.54, 1.807) is 20.8 Å². The molecule has 0 radical (unpaired) electrons. The van der Waals surface area contributed by atoms with Crippen molar-refractivity contribution in [3.63, 3.8) is 0 Å². The van der Waals surface area contributed by atoms with Crippen molar-refractivity contribution in [2.24, 2.45) is 5.92 Å². The van der Waals surface area contributed by atoms with Crippen molar-refractivity contribution >= 4 is 18.1 Å². The molecule has 0 saturated carbocycles. The van der Waals surface area contributed by atoms with Gasteiger partial charge < -0.3 is 14.4 Å². The average molecular weight is 519 g/mol. The number of halogens is 3. The summed E-state index contributed by atoms with van der Waals surface area (Å²) in [6, 6.07) is 13.3. The first kappa shape index (κ1) is 26.5. The van der Waals surface area contributed by atoms with E-state index in [0.29, 0.717) is 12.0 Å². The van der Waals surface area contributed by atoms with Crippen molar-refractivity contribution in [3.8, 4) is 0 Å². The zero-order chi connectivity index (χ0) is 27.0. The van der Waals surface area contributed by atoms with Crippen LogP contribution in [-0.4, -0.2) is 59.2 Å². The number of amides is 3. The van der Waals surface area contributed by atoms with Gasteiger partial charge in [0.25, 0.3) is 0 Å². The van der Waals surface area contributed by atoms with Gasteiger partial charge in [-0.25, -0.2) is 14.5 Å². The van der Waals surface area contributed by atoms with Crippen LogP contribution in [0, 0.1) is 5.92 Å². The third kappa shape index (κ3) is 6.06. The maximum Gasteiger partial charge on any atom is 0.416 e. The smallest absolute Gasteiger partial charge is 0.416 e. The lowest BCUT2D eigenvalue weighted by Gasteiger charge is -2.26. The predicted octanol–water partition coefficient (Wildman–Crippen LogP) is 5.25. The molecular formula is C27H29F3N2O5. The monoisotopic (exact) mass is 518 g/mol. The average Bonchev–Trinajstić information content (AvgIpc) is 3.42. The number of likely N-dealkylation sites (tertiary alicyclic amines) is 1. The Morgan fingerprint density at radius 2 is 1.65 bits per heavy atom. The van der Waals surface area contributed by atoms with Crippen LogP contribution in [0.2, 0.25) is 0 Å². The lowest BCUT2D eigenvalue weighted by molar-refractivity contribution is -0.137. The van der Waals surface area contributed by atoms with Crippen LogP contribution < -0.4 is 0 Å². The quantitative estimate of drug-likeness (QED) is 0.553. The van der Waals surface area contributed by atoms with Gasteiger partial charge in [-0.3, -0.25) is 4.79 Å². The number of rotatable bonds is 4. The molecular weight excluding hydrogens is 489 g/mol. The Kier molecular flexibility index (Phi) is 7.21. The van der Waals surface area contributed by atoms with Crippen LogP contribution in [0.4, 0.5) is 22.8 Å². The van der Waals surface area contributed by atoms with Gasteiger partial charge in [0.15, 0.2) is 0 Å². The number of imide groups is 1. The highest BCUT2D eigenvalue weighted by molar-refractivity contribution is 5.96. The molecule has 0 bridgehead atoms. The standard InChI is InChI=1S/C27H29F3N2O5/c1-26(2,3)37-24(34)31-14-21(18-9-11-19(12-10-18)27(28,29)30)22(15-31)23(33)32-20(16-36-25(32)35)13-17-7-5-4-6-8-17/h4-12,20-22H,13-16H2,1-3H3/t20-,21+,22-/m1/s1. The Hall–Kier alpha value is -3.56. The molecule has 0 aliphatic carbocycles. The van der Waals surface area contributed by atoms with Gasteiger partial charge in [-0.15, -0.1) is 0 Å². The number of benzene rings is 2. The van der Waals surface area contributed by atoms with Crippen LogP contribution in [0.5, 0.6) is 0 Å². The molecule has 3 amide bonds. The number of carbonyl (C=O) groups excluding carboxylic acids is 3. The van der Waals surface area contributed by atoms with Crippen molar-refractivity contribution in [2.75, 3.05) is 19.7 Å². The first-order valence-corrected chi connectivity index (χ1v) is 12.0. The van der Waals surface area contributed by atoms with Crippen LogP contribution in [0.25, 0.3) is 0 Å². The molecule has 198 valence electrons. The summed E-state index contributed by atoms with van der Waals surface area (Å²) in [5, 5.41) is 0. The predicted molar refractivity (Wildman–Crippen MR) is 128 cm³/mol. The highest BCUT2D eigenvalue weighted by atomic mass is 19.4. The number of nitrogens with zero attached hydrogens (tertiary/aromatic N) is 2. The Morgan fingerprint density at radius 1 is 1.00 bits per heavy atom. The minimum atomic E-state index is -4.50. The molecule has 37 heavy (non-hydrogen) atoms. The lowest BCUT2D eigenvalue weighted by atomic mass is 9.87. The summed E-state index contributed by atoms with van der Waals surface area (Å²) < 4.78 is 50.0. The van der Waals surface area contributed by atoms with Crippen LogP contribution in [0.15, 0.2) is 54.6 Å². The van der Waals surface area contributed by atoms with E-state index >= 15 is 0 Å². The summed E-state index contributed by atoms with van der Waals surface area (Å²) in [7, 11) is 0. The second-order valence-corrected chi connectivity index (χ2v) is 10.3. The van der Waals surface area contributed by atoms with E-state index < -0.39 is 53.3 Å². The van der Waals surface area contributed by atoms with Gasteiger partial charge in [-0.1, -0.05) is 42.5 Å². The molecule has 0 spiro atoms. The summed E-state index contributed by atoms with van der Waals surface area (Å²) in [6.07, 6.45) is -5.51. The van der Waals surface area contributed by atoms with Crippen LogP contribution in [-0.2, 0) is 26.9 Å². The first-order valence-electron chi connectivity index (χ1n) is 12.0. The van der Waals surface area contributed by atoms with Crippen molar-refractivity contribution in [2.45, 2.75) is 50.9 Å². The summed E-state index contributed by atoms with van der Waals surface area (Å²) in [5.41, 5.74) is -0.204. The molecule has 7 nitrogen and oxygen atoms in total. The minimum Gasteiger partial charge on any atom is -0.447 e. The molecule has 10 heteroatoms. The van der Waals surface area contributed by atoms with E-state index in [1.807, 2.05) is 30.3 Å². The zero-order valence-corrected chi connectivity index (χ0v) is 20.8. The van der Waals surface area contributed by atoms with Crippen molar-refractivity contribution in [1.82, 2.24) is 9.80 Å². The number of alkyl halides is 3. The normalized spacial score (nSPS) is 22.2. The molecule has 0 N–H and O–H groups in total. The van der Waals surface area contributed by atoms with E-state index in [-0.39, 0.29) is 19.7 Å². The molecule has 2 saturated heterocycles. The summed E-state index contributed by atoms with van der Waals surface area (Å²) in [4.78, 5) is 41.7. The summed E-state index contributed by atoms with van der Waals surface area (Å²) >= 11 is 0. The van der Waals surface area contributed by atoms with E-state index in [1.165, 1.54) is 17.0 Å². The largest absolute Gasteiger partial charge is 0.447 e. The van der Waals surface area contributed by atoms with Crippen LogP contribution in [0.3, 0.4) is 0 Å². The SMILES string of the molecule is CC(C)(C)OC(=O)N1C[C@@H](C(=O)N2C(=O)OC[C@H]2Cc2ccccc2)[C@H](c2ccc(C(F)(F)F)cc2)C1. The fraction of sp³-hybridized carbons (Fsp3) is 0.444. The van der Waals surface area contributed by atoms with Gasteiger partial charge in [-0.2, -0.15) is 13.2 Å². The zero-order valence-electron chi connectivity index (χ0n) is 20.8. The number of cyclic esters (lactones) is 1. The highest BCUT2D eigenvalue weighted by Crippen LogP contribution is 2.38. The first-order chi connectivity index (χ1) is 17.3. The van der Waals surface area contributed by atoms with Crippen molar-refractivity contribution in [1.29, 1.82) is 0 Å². The molecule has 2 aliphatic heterocycles. The number of carbonyl (C=O) groups is 3. The van der Waals surface area contributed by atoms with E-state index in [4.69, 9.17) is 9.47 Å². The van der Waals surface area contributed by atoms with Crippen molar-refractivity contribution in [3.05, 3.63) is 71.3 Å². The molecule has 0 unspecified atom stereocenters. The second-order valence-electron chi connectivity index (χ2n) is 10.3. The Labute approximate surface area is 213 Å². The lowest BCUT2D eigenvalue weighted by Crippen LogP contribution is -2.45. The molecule has 2 aromatic rings. The molecule has 2 fully saturated rings. The molecule has 2 heterocycles. The Bertz CT molecular complexity index is 1150. The van der Waals surface area contributed by atoms with Gasteiger partial charge in [0.2, 0.25) is 5.91 Å². The van der Waals surface area contributed by atoms with E-state index in [2.05, 4.69) is 0 Å². The van der Waals surface area contributed by atoms with E-state index in [0.717, 1.165) is 22.6 Å². The summed E-state index contributed by atoms with van der Waals surface area (Å²) in [6.45, 7) is 5.19. The Morgan fingerprint density at radius 3 is 2.24 bits per heavy atom. The van der Waals surface area contributed by atoms with E-state index in [9.17, 15) is 27.6 Å². The number of hydrogen-bond donors (Lipinski definition) is 0. The summed E-state index contributed by atoms with van der Waals surface area (Å²) in [5.74, 6) is -2.03. The van der Waals surface area contributed by atoms with Gasteiger partial charge in [0.1, 0.15) is 12.2 Å². The van der Waals surface area contributed by atoms with Gasteiger partial charge >= 0.3 is 18.4 Å². The fourth-order valence-corrected chi connectivity index (χ4v) is 4.73. The van der Waals surface area contributed by atoms with Crippen LogP contribution >= 0.6 is 0 Å². The molecule has 3 atom stereocenters.